The van der Waals surface area contributed by atoms with E-state index in [9.17, 15) is 14.4 Å². The minimum absolute atomic E-state index is 0.0519. The van der Waals surface area contributed by atoms with Gasteiger partial charge in [-0.1, -0.05) is 46.3 Å². The third-order valence-electron chi connectivity index (χ3n) is 2.85. The van der Waals surface area contributed by atoms with Gasteiger partial charge >= 0.3 is 11.9 Å². The van der Waals surface area contributed by atoms with Crippen molar-refractivity contribution >= 4 is 33.7 Å². The van der Waals surface area contributed by atoms with E-state index in [0.29, 0.717) is 0 Å². The third-order valence-corrected chi connectivity index (χ3v) is 3.68. The van der Waals surface area contributed by atoms with E-state index in [1.807, 2.05) is 18.2 Å². The molecule has 7 heteroatoms. The van der Waals surface area contributed by atoms with Crippen molar-refractivity contribution in [1.82, 2.24) is 0 Å². The lowest BCUT2D eigenvalue weighted by molar-refractivity contribution is -0.156. The molecule has 0 saturated carbocycles. The summed E-state index contributed by atoms with van der Waals surface area (Å²) in [5, 5.41) is 0. The summed E-state index contributed by atoms with van der Waals surface area (Å²) in [6, 6.07) is 7.93. The number of alkyl halides is 1. The van der Waals surface area contributed by atoms with Gasteiger partial charge in [-0.2, -0.15) is 0 Å². The number of ether oxygens (including phenoxy) is 2. The average molecular weight is 400 g/mol. The highest BCUT2D eigenvalue weighted by atomic mass is 79.9. The Morgan fingerprint density at radius 3 is 2.29 bits per heavy atom. The lowest BCUT2D eigenvalue weighted by Gasteiger charge is -2.21. The fraction of sp³-hybridized carbons (Fsp3) is 0.471. The van der Waals surface area contributed by atoms with Gasteiger partial charge in [0.25, 0.3) is 0 Å². The Morgan fingerprint density at radius 2 is 1.75 bits per heavy atom. The summed E-state index contributed by atoms with van der Waals surface area (Å²) in [5.74, 6) is -1.97. The number of rotatable bonds is 7. The number of Topliss-reactive ketones (excluding diaryl/α,β-unsaturated/α-hetero) is 1. The van der Waals surface area contributed by atoms with Gasteiger partial charge in [0.2, 0.25) is 0 Å². The minimum Gasteiger partial charge on any atom is -0.460 e. The van der Waals surface area contributed by atoms with Crippen LogP contribution < -0.4 is 5.73 Å². The summed E-state index contributed by atoms with van der Waals surface area (Å²) in [5.41, 5.74) is 5.83. The average Bonchev–Trinajstić information content (AvgIpc) is 2.50. The summed E-state index contributed by atoms with van der Waals surface area (Å²) in [6.07, 6.45) is -0.301. The van der Waals surface area contributed by atoms with Gasteiger partial charge < -0.3 is 15.2 Å². The molecule has 6 nitrogen and oxygen atoms in total. The Kier molecular flexibility index (Phi) is 7.57. The predicted octanol–water partition coefficient (Wildman–Crippen LogP) is 2.12. The van der Waals surface area contributed by atoms with Gasteiger partial charge in [-0.15, -0.1) is 0 Å². The molecule has 0 saturated heterocycles. The van der Waals surface area contributed by atoms with E-state index in [2.05, 4.69) is 15.9 Å². The minimum atomic E-state index is -1.22. The Morgan fingerprint density at radius 1 is 1.17 bits per heavy atom. The third kappa shape index (κ3) is 7.23. The van der Waals surface area contributed by atoms with Crippen LogP contribution in [-0.2, 0) is 30.5 Å². The zero-order chi connectivity index (χ0) is 18.3. The van der Waals surface area contributed by atoms with Gasteiger partial charge in [0.15, 0.2) is 10.6 Å². The molecule has 0 radical (unpaired) electrons. The highest BCUT2D eigenvalue weighted by Crippen LogP contribution is 2.13. The van der Waals surface area contributed by atoms with E-state index in [4.69, 9.17) is 15.2 Å². The molecule has 0 spiro atoms. The molecule has 0 heterocycles. The zero-order valence-corrected chi connectivity index (χ0v) is 15.5. The van der Waals surface area contributed by atoms with E-state index in [0.717, 1.165) is 5.56 Å². The quantitative estimate of drug-likeness (QED) is 0.428. The lowest BCUT2D eigenvalue weighted by atomic mass is 10.1. The molecule has 1 aromatic rings. The van der Waals surface area contributed by atoms with Crippen LogP contribution >= 0.6 is 15.9 Å². The largest absolute Gasteiger partial charge is 0.460 e. The molecule has 0 aliphatic heterocycles. The zero-order valence-electron chi connectivity index (χ0n) is 14.0. The molecule has 0 bridgehead atoms. The van der Waals surface area contributed by atoms with Crippen molar-refractivity contribution in [2.75, 3.05) is 0 Å². The summed E-state index contributed by atoms with van der Waals surface area (Å²) in [7, 11) is 0. The normalized spacial score (nSPS) is 13.7. The summed E-state index contributed by atoms with van der Waals surface area (Å²) in [6.45, 7) is 5.20. The summed E-state index contributed by atoms with van der Waals surface area (Å²) in [4.78, 5) is 34.5. The van der Waals surface area contributed by atoms with E-state index in [1.165, 1.54) is 0 Å². The van der Waals surface area contributed by atoms with Crippen molar-refractivity contribution in [2.24, 2.45) is 5.73 Å². The number of hydrogen-bond donors (Lipinski definition) is 1. The Balaban J connectivity index is 2.50. The summed E-state index contributed by atoms with van der Waals surface area (Å²) < 4.78 is 10.2. The van der Waals surface area contributed by atoms with Crippen LogP contribution in [-0.4, -0.2) is 34.2 Å². The van der Waals surface area contributed by atoms with E-state index in [1.54, 1.807) is 32.9 Å². The maximum absolute atomic E-state index is 12.1. The maximum atomic E-state index is 12.1. The molecule has 0 amide bonds. The van der Waals surface area contributed by atoms with Crippen molar-refractivity contribution in [3.8, 4) is 0 Å². The molecule has 1 rings (SSSR count). The van der Waals surface area contributed by atoms with Crippen LogP contribution in [0.25, 0.3) is 0 Å². The molecule has 0 aromatic heterocycles. The Bertz CT molecular complexity index is 582. The van der Waals surface area contributed by atoms with Crippen LogP contribution in [0.3, 0.4) is 0 Å². The van der Waals surface area contributed by atoms with E-state index in [-0.39, 0.29) is 13.0 Å². The SMILES string of the molecule is CC(C)(C)OC(=O)CC(N)C(=O)C(Br)C(=O)OCc1ccccc1. The van der Waals surface area contributed by atoms with Crippen LogP contribution in [0.4, 0.5) is 0 Å². The molecular formula is C17H22BrNO5. The summed E-state index contributed by atoms with van der Waals surface area (Å²) >= 11 is 2.98. The highest BCUT2D eigenvalue weighted by molar-refractivity contribution is 9.10. The number of hydrogen-bond acceptors (Lipinski definition) is 6. The first kappa shape index (κ1) is 20.3. The monoisotopic (exact) mass is 399 g/mol. The van der Waals surface area contributed by atoms with E-state index >= 15 is 0 Å². The van der Waals surface area contributed by atoms with E-state index < -0.39 is 34.2 Å². The van der Waals surface area contributed by atoms with Gasteiger partial charge in [-0.3, -0.25) is 14.4 Å². The van der Waals surface area contributed by atoms with Crippen LogP contribution in [0.2, 0.25) is 0 Å². The van der Waals surface area contributed by atoms with Gasteiger partial charge in [-0.25, -0.2) is 0 Å². The second-order valence-electron chi connectivity index (χ2n) is 6.26. The van der Waals surface area contributed by atoms with Crippen molar-refractivity contribution in [3.63, 3.8) is 0 Å². The van der Waals surface area contributed by atoms with Gasteiger partial charge in [0, 0.05) is 0 Å². The van der Waals surface area contributed by atoms with Crippen molar-refractivity contribution in [3.05, 3.63) is 35.9 Å². The molecule has 0 fully saturated rings. The molecule has 132 valence electrons. The lowest BCUT2D eigenvalue weighted by Crippen LogP contribution is -2.42. The first-order valence-electron chi connectivity index (χ1n) is 7.46. The van der Waals surface area contributed by atoms with Crippen LogP contribution in [0.1, 0.15) is 32.8 Å². The van der Waals surface area contributed by atoms with Gasteiger partial charge in [-0.05, 0) is 26.3 Å². The van der Waals surface area contributed by atoms with Crippen molar-refractivity contribution < 1.29 is 23.9 Å². The fourth-order valence-corrected chi connectivity index (χ4v) is 2.24. The number of carbonyl (C=O) groups excluding carboxylic acids is 3. The second-order valence-corrected chi connectivity index (χ2v) is 7.17. The Hall–Kier alpha value is -1.73. The molecular weight excluding hydrogens is 378 g/mol. The van der Waals surface area contributed by atoms with Gasteiger partial charge in [0.1, 0.15) is 12.2 Å². The fourth-order valence-electron chi connectivity index (χ4n) is 1.77. The van der Waals surface area contributed by atoms with Crippen molar-refractivity contribution in [2.45, 2.75) is 50.3 Å². The smallest absolute Gasteiger partial charge is 0.327 e. The number of halogens is 1. The topological polar surface area (TPSA) is 95.7 Å². The molecule has 2 atom stereocenters. The van der Waals surface area contributed by atoms with Crippen LogP contribution in [0.5, 0.6) is 0 Å². The first-order valence-corrected chi connectivity index (χ1v) is 8.37. The molecule has 2 unspecified atom stereocenters. The number of carbonyl (C=O) groups is 3. The number of benzene rings is 1. The maximum Gasteiger partial charge on any atom is 0.327 e. The standard InChI is InChI=1S/C17H22BrNO5/c1-17(2,3)24-13(20)9-12(19)15(21)14(18)16(22)23-10-11-7-5-4-6-8-11/h4-8,12,14H,9-10,19H2,1-3H3. The molecule has 0 aliphatic rings. The second kappa shape index (κ2) is 8.94. The van der Waals surface area contributed by atoms with Gasteiger partial charge in [0.05, 0.1) is 12.5 Å². The predicted molar refractivity (Wildman–Crippen MR) is 92.4 cm³/mol. The van der Waals surface area contributed by atoms with Crippen LogP contribution in [0, 0.1) is 0 Å². The number of nitrogens with two attached hydrogens (primary N) is 1. The first-order chi connectivity index (χ1) is 11.1. The molecule has 24 heavy (non-hydrogen) atoms. The number of ketones is 1. The molecule has 2 N–H and O–H groups in total. The molecule has 0 aliphatic carbocycles. The Labute approximate surface area is 149 Å². The molecule has 1 aromatic carbocycles. The highest BCUT2D eigenvalue weighted by Gasteiger charge is 2.31. The van der Waals surface area contributed by atoms with Crippen LogP contribution in [0.15, 0.2) is 30.3 Å². The number of esters is 2. The van der Waals surface area contributed by atoms with Crippen molar-refractivity contribution in [1.29, 1.82) is 0 Å².